The molecule has 0 unspecified atom stereocenters. The van der Waals surface area contributed by atoms with E-state index in [-0.39, 0.29) is 12.3 Å². The van der Waals surface area contributed by atoms with Crippen molar-refractivity contribution in [2.45, 2.75) is 25.2 Å². The summed E-state index contributed by atoms with van der Waals surface area (Å²) in [5.41, 5.74) is 21.4. The van der Waals surface area contributed by atoms with Crippen LogP contribution in [0.15, 0.2) is 0 Å². The number of nitrogens with two attached hydrogens (primary N) is 4. The van der Waals surface area contributed by atoms with Gasteiger partial charge < -0.3 is 37.1 Å². The molecule has 7 heteroatoms. The van der Waals surface area contributed by atoms with Crippen LogP contribution in [0.2, 0.25) is 0 Å². The third-order valence-corrected chi connectivity index (χ3v) is 1.94. The first-order valence-electron chi connectivity index (χ1n) is 5.88. The lowest BCUT2D eigenvalue weighted by Gasteiger charge is -2.08. The van der Waals surface area contributed by atoms with Crippen molar-refractivity contribution in [3.05, 3.63) is 0 Å². The Kier molecular flexibility index (Phi) is 12.0. The minimum Gasteiger partial charge on any atom is -0.379 e. The maximum atomic E-state index is 5.35. The summed E-state index contributed by atoms with van der Waals surface area (Å²) in [6, 6.07) is 0. The third-order valence-electron chi connectivity index (χ3n) is 1.94. The summed E-state index contributed by atoms with van der Waals surface area (Å²) in [5.74, 6) is 0. The monoisotopic (exact) mass is 250 g/mol. The predicted octanol–water partition coefficient (Wildman–Crippen LogP) is -1.70. The van der Waals surface area contributed by atoms with Gasteiger partial charge in [-0.2, -0.15) is 0 Å². The summed E-state index contributed by atoms with van der Waals surface area (Å²) < 4.78 is 15.8. The van der Waals surface area contributed by atoms with Crippen molar-refractivity contribution in [2.75, 3.05) is 39.6 Å². The van der Waals surface area contributed by atoms with Crippen LogP contribution in [-0.4, -0.2) is 52.0 Å². The van der Waals surface area contributed by atoms with Crippen LogP contribution in [0.4, 0.5) is 0 Å². The maximum Gasteiger partial charge on any atom is 0.0701 e. The zero-order valence-corrected chi connectivity index (χ0v) is 10.3. The van der Waals surface area contributed by atoms with Crippen LogP contribution in [0, 0.1) is 0 Å². The van der Waals surface area contributed by atoms with Crippen LogP contribution in [0.3, 0.4) is 0 Å². The topological polar surface area (TPSA) is 132 Å². The van der Waals surface area contributed by atoms with Crippen molar-refractivity contribution < 1.29 is 14.2 Å². The average Bonchev–Trinajstić information content (AvgIpc) is 2.25. The molecule has 0 atom stereocenters. The Hall–Kier alpha value is -0.280. The first-order valence-corrected chi connectivity index (χ1v) is 5.88. The molecule has 8 N–H and O–H groups in total. The third kappa shape index (κ3) is 15.7. The minimum absolute atomic E-state index is 0.307. The Morgan fingerprint density at radius 2 is 0.824 bits per heavy atom. The lowest BCUT2D eigenvalue weighted by atomic mass is 10.4. The van der Waals surface area contributed by atoms with E-state index in [0.29, 0.717) is 52.5 Å². The normalized spacial score (nSPS) is 11.6. The van der Waals surface area contributed by atoms with Gasteiger partial charge in [-0.15, -0.1) is 0 Å². The fourth-order valence-corrected chi connectivity index (χ4v) is 0.981. The molecule has 104 valence electrons. The molecule has 7 nitrogen and oxygen atoms in total. The highest BCUT2D eigenvalue weighted by atomic mass is 16.5. The molecule has 0 rings (SSSR count). The van der Waals surface area contributed by atoms with E-state index in [4.69, 9.17) is 37.1 Å². The Morgan fingerprint density at radius 1 is 0.529 bits per heavy atom. The van der Waals surface area contributed by atoms with Crippen LogP contribution in [0.1, 0.15) is 12.8 Å². The van der Waals surface area contributed by atoms with E-state index in [1.54, 1.807) is 0 Å². The quantitative estimate of drug-likeness (QED) is 0.240. The molecule has 0 aliphatic rings. The van der Waals surface area contributed by atoms with Crippen LogP contribution in [0.25, 0.3) is 0 Å². The summed E-state index contributed by atoms with van der Waals surface area (Å²) in [6.07, 6.45) is 0.696. The predicted molar refractivity (Wildman–Crippen MR) is 66.0 cm³/mol. The van der Waals surface area contributed by atoms with Crippen molar-refractivity contribution >= 4 is 0 Å². The van der Waals surface area contributed by atoms with Crippen molar-refractivity contribution in [1.29, 1.82) is 0 Å². The molecule has 17 heavy (non-hydrogen) atoms. The lowest BCUT2D eigenvalue weighted by Crippen LogP contribution is -2.31. The Bertz CT molecular complexity index is 142. The van der Waals surface area contributed by atoms with E-state index in [0.717, 1.165) is 0 Å². The summed E-state index contributed by atoms with van der Waals surface area (Å²) in [7, 11) is 0. The van der Waals surface area contributed by atoms with E-state index in [9.17, 15) is 0 Å². The number of ether oxygens (including phenoxy) is 3. The molecule has 0 aromatic heterocycles. The number of hydrogen-bond acceptors (Lipinski definition) is 7. The Morgan fingerprint density at radius 3 is 1.12 bits per heavy atom. The molecule has 0 spiro atoms. The molecule has 0 saturated carbocycles. The number of hydrogen-bond donors (Lipinski definition) is 4. The van der Waals surface area contributed by atoms with Gasteiger partial charge in [0.1, 0.15) is 0 Å². The van der Waals surface area contributed by atoms with E-state index in [2.05, 4.69) is 0 Å². The van der Waals surface area contributed by atoms with Gasteiger partial charge in [-0.05, 0) is 12.8 Å². The first-order chi connectivity index (χ1) is 8.13. The van der Waals surface area contributed by atoms with Crippen molar-refractivity contribution in [1.82, 2.24) is 0 Å². The lowest BCUT2D eigenvalue weighted by molar-refractivity contribution is 0.0125. The fraction of sp³-hybridized carbons (Fsp3) is 1.00. The molecule has 0 bridgehead atoms. The van der Waals surface area contributed by atoms with Gasteiger partial charge in [0.25, 0.3) is 0 Å². The highest BCUT2D eigenvalue weighted by Gasteiger charge is 1.96. The molecule has 0 fully saturated rings. The second-order valence-electron chi connectivity index (χ2n) is 3.74. The van der Waals surface area contributed by atoms with Crippen LogP contribution >= 0.6 is 0 Å². The summed E-state index contributed by atoms with van der Waals surface area (Å²) >= 11 is 0. The summed E-state index contributed by atoms with van der Waals surface area (Å²) in [5, 5.41) is 0. The van der Waals surface area contributed by atoms with Gasteiger partial charge in [0.2, 0.25) is 0 Å². The van der Waals surface area contributed by atoms with Gasteiger partial charge in [-0.3, -0.25) is 0 Å². The second kappa shape index (κ2) is 12.2. The van der Waals surface area contributed by atoms with E-state index < -0.39 is 0 Å². The van der Waals surface area contributed by atoms with Gasteiger partial charge in [0, 0.05) is 13.2 Å². The minimum atomic E-state index is -0.307. The molecule has 0 aromatic rings. The fourth-order valence-electron chi connectivity index (χ4n) is 0.981. The molecular weight excluding hydrogens is 224 g/mol. The van der Waals surface area contributed by atoms with Gasteiger partial charge >= 0.3 is 0 Å². The van der Waals surface area contributed by atoms with Crippen molar-refractivity contribution in [3.63, 3.8) is 0 Å². The van der Waals surface area contributed by atoms with Gasteiger partial charge in [-0.1, -0.05) is 0 Å². The molecule has 0 heterocycles. The van der Waals surface area contributed by atoms with Crippen molar-refractivity contribution in [3.8, 4) is 0 Å². The molecule has 0 aliphatic heterocycles. The largest absolute Gasteiger partial charge is 0.379 e. The molecule has 0 aliphatic carbocycles. The van der Waals surface area contributed by atoms with E-state index >= 15 is 0 Å². The molecular formula is C10H26N4O3. The highest BCUT2D eigenvalue weighted by Crippen LogP contribution is 1.86. The maximum absolute atomic E-state index is 5.35. The van der Waals surface area contributed by atoms with Gasteiger partial charge in [0.05, 0.1) is 38.8 Å². The smallest absolute Gasteiger partial charge is 0.0701 e. The van der Waals surface area contributed by atoms with E-state index in [1.165, 1.54) is 0 Å². The van der Waals surface area contributed by atoms with Crippen LogP contribution in [0.5, 0.6) is 0 Å². The standard InChI is InChI=1S/C10H26N4O3/c11-9(12)1-3-15-5-7-17-8-6-16-4-2-10(13)14/h9-10H,1-8,11-14H2. The molecule has 0 saturated heterocycles. The Balaban J connectivity index is 2.94. The Labute approximate surface area is 103 Å². The molecule has 0 amide bonds. The van der Waals surface area contributed by atoms with Crippen LogP contribution < -0.4 is 22.9 Å². The average molecular weight is 250 g/mol. The second-order valence-corrected chi connectivity index (χ2v) is 3.74. The SMILES string of the molecule is NC(N)CCOCCOCCOCCC(N)N. The summed E-state index contributed by atoms with van der Waals surface area (Å²) in [4.78, 5) is 0. The van der Waals surface area contributed by atoms with Crippen LogP contribution in [-0.2, 0) is 14.2 Å². The number of rotatable bonds is 12. The summed E-state index contributed by atoms with van der Waals surface area (Å²) in [6.45, 7) is 3.29. The molecule has 0 aromatic carbocycles. The van der Waals surface area contributed by atoms with Gasteiger partial charge in [-0.25, -0.2) is 0 Å². The van der Waals surface area contributed by atoms with E-state index in [1.807, 2.05) is 0 Å². The molecule has 0 radical (unpaired) electrons. The zero-order valence-electron chi connectivity index (χ0n) is 10.3. The van der Waals surface area contributed by atoms with Crippen molar-refractivity contribution in [2.24, 2.45) is 22.9 Å². The van der Waals surface area contributed by atoms with Gasteiger partial charge in [0.15, 0.2) is 0 Å². The highest BCUT2D eigenvalue weighted by molar-refractivity contribution is 4.49. The first kappa shape index (κ1) is 16.7. The zero-order chi connectivity index (χ0) is 12.9.